The van der Waals surface area contributed by atoms with E-state index in [1.807, 2.05) is 0 Å². The maximum Gasteiger partial charge on any atom is 0.157 e. The van der Waals surface area contributed by atoms with Crippen LogP contribution in [0.5, 0.6) is 0 Å². The summed E-state index contributed by atoms with van der Waals surface area (Å²) < 4.78 is 11.9. The van der Waals surface area contributed by atoms with E-state index in [-0.39, 0.29) is 12.3 Å². The predicted molar refractivity (Wildman–Crippen MR) is 74.3 cm³/mol. The molecule has 0 aromatic carbocycles. The van der Waals surface area contributed by atoms with Crippen LogP contribution in [0.25, 0.3) is 0 Å². The van der Waals surface area contributed by atoms with Crippen molar-refractivity contribution in [1.82, 2.24) is 4.90 Å². The topological polar surface area (TPSA) is 38.8 Å². The molecule has 4 heteroatoms. The molecule has 5 rings (SSSR count). The van der Waals surface area contributed by atoms with Crippen molar-refractivity contribution in [1.29, 1.82) is 0 Å². The van der Waals surface area contributed by atoms with Gasteiger partial charge in [0.2, 0.25) is 0 Å². The summed E-state index contributed by atoms with van der Waals surface area (Å²) >= 11 is 0. The van der Waals surface area contributed by atoms with Crippen molar-refractivity contribution in [2.24, 2.45) is 5.92 Å². The van der Waals surface area contributed by atoms with E-state index in [2.05, 4.69) is 11.8 Å². The van der Waals surface area contributed by atoms with Crippen LogP contribution in [0.2, 0.25) is 0 Å². The molecule has 4 atom stereocenters. The minimum atomic E-state index is 0.0267. The summed E-state index contributed by atoms with van der Waals surface area (Å²) in [4.78, 5) is 14.6. The number of carbonyl (C=O) groups excluding carboxylic acids is 1. The fraction of sp³-hybridized carbons (Fsp3) is 0.938. The number of rotatable bonds is 2. The number of hydrogen-bond donors (Lipinski definition) is 0. The highest BCUT2D eigenvalue weighted by Crippen LogP contribution is 2.45. The molecule has 20 heavy (non-hydrogen) atoms. The van der Waals surface area contributed by atoms with E-state index in [9.17, 15) is 4.79 Å². The first-order valence-corrected chi connectivity index (χ1v) is 8.30. The van der Waals surface area contributed by atoms with Crippen molar-refractivity contribution in [2.75, 3.05) is 6.61 Å². The third-order valence-corrected chi connectivity index (χ3v) is 5.77. The Morgan fingerprint density at radius 3 is 2.50 bits per heavy atom. The zero-order chi connectivity index (χ0) is 13.7. The summed E-state index contributed by atoms with van der Waals surface area (Å²) in [5.41, 5.74) is 0. The zero-order valence-corrected chi connectivity index (χ0v) is 12.3. The van der Waals surface area contributed by atoms with Gasteiger partial charge in [-0.05, 0) is 51.9 Å². The molecule has 4 nitrogen and oxygen atoms in total. The Labute approximate surface area is 120 Å². The van der Waals surface area contributed by atoms with Gasteiger partial charge in [0.05, 0.1) is 12.1 Å². The first-order valence-electron chi connectivity index (χ1n) is 8.30. The van der Waals surface area contributed by atoms with Gasteiger partial charge in [0.1, 0.15) is 0 Å². The van der Waals surface area contributed by atoms with Gasteiger partial charge in [0.25, 0.3) is 0 Å². The number of ether oxygens (including phenoxy) is 2. The smallest absolute Gasteiger partial charge is 0.157 e. The van der Waals surface area contributed by atoms with Gasteiger partial charge in [-0.15, -0.1) is 0 Å². The van der Waals surface area contributed by atoms with Crippen LogP contribution < -0.4 is 0 Å². The average molecular weight is 279 g/mol. The fourth-order valence-electron chi connectivity index (χ4n) is 4.93. The van der Waals surface area contributed by atoms with Crippen LogP contribution in [0.4, 0.5) is 0 Å². The summed E-state index contributed by atoms with van der Waals surface area (Å²) in [6.07, 6.45) is 8.11. The van der Waals surface area contributed by atoms with E-state index in [0.29, 0.717) is 29.9 Å². The van der Waals surface area contributed by atoms with Gasteiger partial charge in [-0.3, -0.25) is 9.69 Å². The monoisotopic (exact) mass is 279 g/mol. The lowest BCUT2D eigenvalue weighted by atomic mass is 9.69. The number of nitrogens with zero attached hydrogens (tertiary/aromatic N) is 1. The van der Waals surface area contributed by atoms with Gasteiger partial charge in [-0.2, -0.15) is 0 Å². The molecule has 0 saturated carbocycles. The quantitative estimate of drug-likeness (QED) is 0.776. The second-order valence-corrected chi connectivity index (χ2v) is 7.03. The van der Waals surface area contributed by atoms with E-state index in [1.165, 1.54) is 12.8 Å². The number of Topliss-reactive ketones (excluding diaryl/α,β-unsaturated/α-hetero) is 1. The highest BCUT2D eigenvalue weighted by atomic mass is 16.7. The highest BCUT2D eigenvalue weighted by Gasteiger charge is 2.52. The maximum atomic E-state index is 12.1. The van der Waals surface area contributed by atoms with Crippen molar-refractivity contribution >= 4 is 5.78 Å². The molecule has 5 fully saturated rings. The molecule has 4 bridgehead atoms. The lowest BCUT2D eigenvalue weighted by molar-refractivity contribution is -0.213. The summed E-state index contributed by atoms with van der Waals surface area (Å²) in [5, 5.41) is 0. The maximum absolute atomic E-state index is 12.1. The third-order valence-electron chi connectivity index (χ3n) is 5.77. The molecule has 0 aromatic heterocycles. The zero-order valence-electron chi connectivity index (χ0n) is 12.3. The standard InChI is InChI=1S/C16H25NO3/c1-10-16(18)11-6-12-8-14(9-13(7-11)17(10)12)20-15-4-2-3-5-19-15/h10-15H,2-9H2,1H3. The van der Waals surface area contributed by atoms with Gasteiger partial charge in [0, 0.05) is 24.6 Å². The number of piperidine rings is 4. The summed E-state index contributed by atoms with van der Waals surface area (Å²) in [7, 11) is 0. The average Bonchev–Trinajstić information content (AvgIpc) is 2.44. The van der Waals surface area contributed by atoms with E-state index >= 15 is 0 Å². The largest absolute Gasteiger partial charge is 0.353 e. The lowest BCUT2D eigenvalue weighted by Gasteiger charge is -2.57. The number of ketones is 1. The Balaban J connectivity index is 1.41. The molecule has 112 valence electrons. The van der Waals surface area contributed by atoms with E-state index < -0.39 is 0 Å². The highest BCUT2D eigenvalue weighted by molar-refractivity contribution is 5.87. The van der Waals surface area contributed by atoms with E-state index in [0.717, 1.165) is 38.7 Å². The minimum Gasteiger partial charge on any atom is -0.353 e. The predicted octanol–water partition coefficient (Wildman–Crippen LogP) is 2.11. The Morgan fingerprint density at radius 2 is 1.90 bits per heavy atom. The molecule has 5 aliphatic rings. The Bertz CT molecular complexity index is 373. The van der Waals surface area contributed by atoms with E-state index in [1.54, 1.807) is 0 Å². The summed E-state index contributed by atoms with van der Waals surface area (Å²) in [6.45, 7) is 2.95. The van der Waals surface area contributed by atoms with Crippen LogP contribution in [0.3, 0.4) is 0 Å². The molecule has 0 aromatic rings. The molecule has 5 saturated heterocycles. The Hall–Kier alpha value is -0.450. The molecule has 0 spiro atoms. The fourth-order valence-corrected chi connectivity index (χ4v) is 4.93. The van der Waals surface area contributed by atoms with Crippen LogP contribution in [0.15, 0.2) is 0 Å². The van der Waals surface area contributed by atoms with Gasteiger partial charge >= 0.3 is 0 Å². The van der Waals surface area contributed by atoms with Crippen molar-refractivity contribution in [2.45, 2.75) is 82.4 Å². The van der Waals surface area contributed by atoms with Gasteiger partial charge in [-0.1, -0.05) is 0 Å². The number of carbonyl (C=O) groups is 1. The SMILES string of the molecule is CC1C(=O)C2CC3CC(OC4CCCCO4)CC(C2)N31. The number of fused-ring (bicyclic) bond motifs is 1. The van der Waals surface area contributed by atoms with Gasteiger partial charge < -0.3 is 9.47 Å². The Kier molecular flexibility index (Phi) is 3.36. The first kappa shape index (κ1) is 13.2. The summed E-state index contributed by atoms with van der Waals surface area (Å²) in [6, 6.07) is 1.27. The van der Waals surface area contributed by atoms with E-state index in [4.69, 9.17) is 9.47 Å². The second-order valence-electron chi connectivity index (χ2n) is 7.03. The van der Waals surface area contributed by atoms with Crippen LogP contribution >= 0.6 is 0 Å². The van der Waals surface area contributed by atoms with Gasteiger partial charge in [0.15, 0.2) is 12.1 Å². The Morgan fingerprint density at radius 1 is 1.15 bits per heavy atom. The van der Waals surface area contributed by atoms with Crippen molar-refractivity contribution in [3.63, 3.8) is 0 Å². The van der Waals surface area contributed by atoms with Crippen LogP contribution in [-0.4, -0.2) is 47.8 Å². The molecule has 5 heterocycles. The first-order chi connectivity index (χ1) is 9.72. The van der Waals surface area contributed by atoms with Crippen molar-refractivity contribution < 1.29 is 14.3 Å². The molecule has 0 N–H and O–H groups in total. The molecule has 0 radical (unpaired) electrons. The van der Waals surface area contributed by atoms with Crippen LogP contribution in [-0.2, 0) is 14.3 Å². The molecular formula is C16H25NO3. The molecule has 4 unspecified atom stereocenters. The molecule has 0 aliphatic carbocycles. The minimum absolute atomic E-state index is 0.0267. The van der Waals surface area contributed by atoms with Crippen molar-refractivity contribution in [3.05, 3.63) is 0 Å². The molecule has 5 aliphatic heterocycles. The summed E-state index contributed by atoms with van der Waals surface area (Å²) in [5.74, 6) is 0.810. The van der Waals surface area contributed by atoms with Crippen molar-refractivity contribution in [3.8, 4) is 0 Å². The second kappa shape index (κ2) is 5.08. The van der Waals surface area contributed by atoms with Crippen LogP contribution in [0.1, 0.15) is 51.9 Å². The normalized spacial score (nSPS) is 51.2. The van der Waals surface area contributed by atoms with Gasteiger partial charge in [-0.25, -0.2) is 0 Å². The number of hydrogen-bond acceptors (Lipinski definition) is 4. The molecular weight excluding hydrogens is 254 g/mol. The van der Waals surface area contributed by atoms with Crippen LogP contribution in [0, 0.1) is 5.92 Å². The third kappa shape index (κ3) is 2.13. The molecule has 0 amide bonds. The lowest BCUT2D eigenvalue weighted by Crippen LogP contribution is -2.67.